The molecule has 0 spiro atoms. The van der Waals surface area contributed by atoms with E-state index in [1.165, 1.54) is 0 Å². The topological polar surface area (TPSA) is 35.5 Å². The predicted octanol–water partition coefficient (Wildman–Crippen LogP) is 5.16. The summed E-state index contributed by atoms with van der Waals surface area (Å²) in [4.78, 5) is 11.7. The van der Waals surface area contributed by atoms with Crippen molar-refractivity contribution < 1.29 is 14.0 Å². The van der Waals surface area contributed by atoms with E-state index >= 15 is 0 Å². The van der Waals surface area contributed by atoms with Gasteiger partial charge in [0.15, 0.2) is 8.32 Å². The molecule has 0 atom stereocenters. The smallest absolute Gasteiger partial charge is 0.308 e. The summed E-state index contributed by atoms with van der Waals surface area (Å²) in [6.45, 7) is 17.7. The first-order valence-electron chi connectivity index (χ1n) is 8.52. The molecule has 1 rings (SSSR count). The molecule has 126 valence electrons. The number of ether oxygens (including phenoxy) is 1. The normalized spacial score (nSPS) is 23.0. The Labute approximate surface area is 132 Å². The molecular formula is C17H36O3Si. The van der Waals surface area contributed by atoms with Gasteiger partial charge in [-0.2, -0.15) is 0 Å². The third kappa shape index (κ3) is 6.51. The number of rotatable bonds is 4. The predicted molar refractivity (Wildman–Crippen MR) is 92.0 cm³/mol. The molecule has 1 aliphatic rings. The van der Waals surface area contributed by atoms with Crippen molar-refractivity contribution in [2.45, 2.75) is 91.5 Å². The van der Waals surface area contributed by atoms with Gasteiger partial charge in [0.2, 0.25) is 0 Å². The Balaban J connectivity index is 0.00000191. The molecule has 0 bridgehead atoms. The van der Waals surface area contributed by atoms with Gasteiger partial charge >= 0.3 is 5.97 Å². The average molecular weight is 317 g/mol. The molecule has 0 aromatic rings. The molecule has 0 aromatic heterocycles. The Hall–Kier alpha value is -0.353. The highest BCUT2D eigenvalue weighted by molar-refractivity contribution is 6.74. The van der Waals surface area contributed by atoms with Gasteiger partial charge in [-0.15, -0.1) is 0 Å². The van der Waals surface area contributed by atoms with E-state index in [-0.39, 0.29) is 16.9 Å². The van der Waals surface area contributed by atoms with Crippen LogP contribution in [0.2, 0.25) is 18.1 Å². The number of carbonyl (C=O) groups is 1. The zero-order chi connectivity index (χ0) is 16.7. The van der Waals surface area contributed by atoms with Gasteiger partial charge in [0.1, 0.15) is 0 Å². The van der Waals surface area contributed by atoms with E-state index in [9.17, 15) is 4.79 Å². The number of carbonyl (C=O) groups excluding carboxylic acids is 1. The molecule has 1 aliphatic carbocycles. The number of hydrogen-bond acceptors (Lipinski definition) is 3. The maximum atomic E-state index is 11.7. The van der Waals surface area contributed by atoms with Crippen LogP contribution in [-0.4, -0.2) is 27.0 Å². The van der Waals surface area contributed by atoms with Crippen LogP contribution in [0.25, 0.3) is 0 Å². The van der Waals surface area contributed by atoms with Gasteiger partial charge in [-0.1, -0.05) is 34.6 Å². The average Bonchev–Trinajstić information content (AvgIpc) is 2.40. The van der Waals surface area contributed by atoms with E-state index in [1.807, 2.05) is 20.8 Å². The highest BCUT2D eigenvalue weighted by Crippen LogP contribution is 2.39. The Bertz CT molecular complexity index is 300. The van der Waals surface area contributed by atoms with Crippen molar-refractivity contribution in [2.24, 2.45) is 5.92 Å². The molecule has 1 fully saturated rings. The molecule has 0 saturated heterocycles. The SMILES string of the molecule is CC.CCOC(=O)C1CCC(O[Si](C)(C)C(C)(C)C)CC1. The van der Waals surface area contributed by atoms with E-state index in [0.29, 0.717) is 12.7 Å². The maximum absolute atomic E-state index is 11.7. The first kappa shape index (κ1) is 20.6. The van der Waals surface area contributed by atoms with Crippen molar-refractivity contribution in [3.8, 4) is 0 Å². The Morgan fingerprint density at radius 2 is 1.57 bits per heavy atom. The first-order chi connectivity index (χ1) is 9.67. The molecule has 4 heteroatoms. The summed E-state index contributed by atoms with van der Waals surface area (Å²) in [5.41, 5.74) is 0. The number of esters is 1. The summed E-state index contributed by atoms with van der Waals surface area (Å²) in [6.07, 6.45) is 4.16. The van der Waals surface area contributed by atoms with Gasteiger partial charge in [0, 0.05) is 6.10 Å². The quantitative estimate of drug-likeness (QED) is 0.531. The van der Waals surface area contributed by atoms with Crippen molar-refractivity contribution >= 4 is 14.3 Å². The molecule has 0 unspecified atom stereocenters. The maximum Gasteiger partial charge on any atom is 0.308 e. The number of hydrogen-bond donors (Lipinski definition) is 0. The second kappa shape index (κ2) is 8.94. The van der Waals surface area contributed by atoms with Crippen molar-refractivity contribution in [3.05, 3.63) is 0 Å². The Morgan fingerprint density at radius 1 is 1.10 bits per heavy atom. The molecule has 21 heavy (non-hydrogen) atoms. The lowest BCUT2D eigenvalue weighted by Gasteiger charge is -2.41. The highest BCUT2D eigenvalue weighted by atomic mass is 28.4. The van der Waals surface area contributed by atoms with Crippen molar-refractivity contribution in [3.63, 3.8) is 0 Å². The lowest BCUT2D eigenvalue weighted by molar-refractivity contribution is -0.149. The fraction of sp³-hybridized carbons (Fsp3) is 0.941. The molecule has 0 heterocycles. The minimum absolute atomic E-state index is 0.0201. The fourth-order valence-corrected chi connectivity index (χ4v) is 3.69. The summed E-state index contributed by atoms with van der Waals surface area (Å²) < 4.78 is 11.5. The standard InChI is InChI=1S/C15H30O3Si.C2H6/c1-7-17-14(16)12-8-10-13(11-9-12)18-19(5,6)15(2,3)4;1-2/h12-13H,7-11H2,1-6H3;1-2H3. The van der Waals surface area contributed by atoms with Crippen LogP contribution in [0.3, 0.4) is 0 Å². The summed E-state index contributed by atoms with van der Waals surface area (Å²) >= 11 is 0. The second-order valence-corrected chi connectivity index (χ2v) is 11.9. The molecule has 0 radical (unpaired) electrons. The third-order valence-corrected chi connectivity index (χ3v) is 9.10. The second-order valence-electron chi connectivity index (χ2n) is 7.10. The Morgan fingerprint density at radius 3 is 1.95 bits per heavy atom. The van der Waals surface area contributed by atoms with E-state index in [4.69, 9.17) is 9.16 Å². The molecule has 0 N–H and O–H groups in total. The van der Waals surface area contributed by atoms with Crippen LogP contribution in [0.5, 0.6) is 0 Å². The Kier molecular flexibility index (Phi) is 8.79. The minimum Gasteiger partial charge on any atom is -0.466 e. The van der Waals surface area contributed by atoms with E-state index in [1.54, 1.807) is 0 Å². The molecule has 0 aromatic carbocycles. The van der Waals surface area contributed by atoms with Crippen LogP contribution in [0.1, 0.15) is 67.2 Å². The van der Waals surface area contributed by atoms with Crippen molar-refractivity contribution in [1.82, 2.24) is 0 Å². The molecule has 3 nitrogen and oxygen atoms in total. The van der Waals surface area contributed by atoms with Crippen LogP contribution in [0, 0.1) is 5.92 Å². The lowest BCUT2D eigenvalue weighted by Crippen LogP contribution is -2.45. The van der Waals surface area contributed by atoms with E-state index in [0.717, 1.165) is 25.7 Å². The van der Waals surface area contributed by atoms with E-state index in [2.05, 4.69) is 33.9 Å². The van der Waals surface area contributed by atoms with Crippen LogP contribution >= 0.6 is 0 Å². The van der Waals surface area contributed by atoms with Gasteiger partial charge < -0.3 is 9.16 Å². The van der Waals surface area contributed by atoms with Gasteiger partial charge in [-0.25, -0.2) is 0 Å². The van der Waals surface area contributed by atoms with Crippen LogP contribution in [0.4, 0.5) is 0 Å². The van der Waals surface area contributed by atoms with Crippen LogP contribution in [-0.2, 0) is 14.0 Å². The summed E-state index contributed by atoms with van der Waals surface area (Å²) in [5, 5.41) is 0.255. The van der Waals surface area contributed by atoms with Gasteiger partial charge in [0.25, 0.3) is 0 Å². The zero-order valence-corrected chi connectivity index (χ0v) is 16.4. The van der Waals surface area contributed by atoms with Crippen LogP contribution < -0.4 is 0 Å². The molecule has 0 amide bonds. The van der Waals surface area contributed by atoms with Gasteiger partial charge in [0.05, 0.1) is 12.5 Å². The summed E-state index contributed by atoms with van der Waals surface area (Å²) in [6, 6.07) is 0. The summed E-state index contributed by atoms with van der Waals surface area (Å²) in [7, 11) is -1.67. The van der Waals surface area contributed by atoms with Gasteiger partial charge in [-0.05, 0) is 50.7 Å². The van der Waals surface area contributed by atoms with Gasteiger partial charge in [-0.3, -0.25) is 4.79 Å². The fourth-order valence-electron chi connectivity index (χ4n) is 2.27. The largest absolute Gasteiger partial charge is 0.466 e. The molecule has 0 aliphatic heterocycles. The zero-order valence-electron chi connectivity index (χ0n) is 15.4. The summed E-state index contributed by atoms with van der Waals surface area (Å²) in [5.74, 6) is 0.0764. The van der Waals surface area contributed by atoms with Crippen molar-refractivity contribution in [1.29, 1.82) is 0 Å². The molecule has 1 saturated carbocycles. The first-order valence-corrected chi connectivity index (χ1v) is 11.4. The lowest BCUT2D eigenvalue weighted by atomic mass is 9.87. The highest BCUT2D eigenvalue weighted by Gasteiger charge is 2.40. The van der Waals surface area contributed by atoms with Crippen molar-refractivity contribution in [2.75, 3.05) is 6.61 Å². The molecular weight excluding hydrogens is 280 g/mol. The third-order valence-electron chi connectivity index (χ3n) is 4.56. The van der Waals surface area contributed by atoms with E-state index < -0.39 is 8.32 Å². The van der Waals surface area contributed by atoms with Crippen LogP contribution in [0.15, 0.2) is 0 Å². The minimum atomic E-state index is -1.67. The monoisotopic (exact) mass is 316 g/mol.